The van der Waals surface area contributed by atoms with E-state index in [0.717, 1.165) is 48.9 Å². The predicted molar refractivity (Wildman–Crippen MR) is 137 cm³/mol. The Morgan fingerprint density at radius 1 is 1.19 bits per heavy atom. The number of fused-ring (bicyclic) bond motifs is 3. The molecule has 3 aromatic heterocycles. The monoisotopic (exact) mass is 502 g/mol. The molecular weight excluding hydrogens is 472 g/mol. The van der Waals surface area contributed by atoms with Crippen molar-refractivity contribution in [3.05, 3.63) is 59.1 Å². The second-order valence-electron chi connectivity index (χ2n) is 9.88. The number of likely N-dealkylation sites (tertiary alicyclic amines) is 1. The Kier molecular flexibility index (Phi) is 5.87. The van der Waals surface area contributed by atoms with Crippen LogP contribution in [0.5, 0.6) is 11.5 Å². The van der Waals surface area contributed by atoms with E-state index in [9.17, 15) is 9.59 Å². The minimum Gasteiger partial charge on any atom is -0.460 e. The molecule has 192 valence electrons. The van der Waals surface area contributed by atoms with Crippen LogP contribution in [0, 0.1) is 19.8 Å². The van der Waals surface area contributed by atoms with Gasteiger partial charge in [-0.15, -0.1) is 0 Å². The van der Waals surface area contributed by atoms with Crippen molar-refractivity contribution in [2.24, 2.45) is 5.92 Å². The van der Waals surface area contributed by atoms with Crippen molar-refractivity contribution in [2.45, 2.75) is 39.2 Å². The van der Waals surface area contributed by atoms with Crippen LogP contribution in [0.1, 0.15) is 51.3 Å². The van der Waals surface area contributed by atoms with E-state index in [-0.39, 0.29) is 17.9 Å². The fourth-order valence-electron chi connectivity index (χ4n) is 5.76. The molecule has 0 saturated carbocycles. The molecule has 2 fully saturated rings. The van der Waals surface area contributed by atoms with E-state index in [1.807, 2.05) is 17.9 Å². The Hall–Kier alpha value is -3.85. The van der Waals surface area contributed by atoms with Crippen LogP contribution in [-0.4, -0.2) is 59.2 Å². The second-order valence-corrected chi connectivity index (χ2v) is 9.88. The van der Waals surface area contributed by atoms with Crippen molar-refractivity contribution >= 4 is 28.3 Å². The van der Waals surface area contributed by atoms with Gasteiger partial charge in [0.05, 0.1) is 23.4 Å². The molecule has 5 heterocycles. The number of aryl methyl sites for hydroxylation is 2. The quantitative estimate of drug-likeness (QED) is 0.442. The highest BCUT2D eigenvalue weighted by molar-refractivity contribution is 6.07. The number of rotatable bonds is 4. The zero-order chi connectivity index (χ0) is 25.7. The third-order valence-electron chi connectivity index (χ3n) is 7.64. The first kappa shape index (κ1) is 23.5. The molecule has 6 rings (SSSR count). The molecule has 9 nitrogen and oxygen atoms in total. The van der Waals surface area contributed by atoms with Crippen LogP contribution in [0.3, 0.4) is 0 Å². The highest BCUT2D eigenvalue weighted by Crippen LogP contribution is 2.35. The summed E-state index contributed by atoms with van der Waals surface area (Å²) < 4.78 is 19.7. The number of benzene rings is 1. The lowest BCUT2D eigenvalue weighted by atomic mass is 9.88. The summed E-state index contributed by atoms with van der Waals surface area (Å²) in [5.74, 6) is 1.93. The minimum atomic E-state index is -0.193. The van der Waals surface area contributed by atoms with Gasteiger partial charge < -0.3 is 24.1 Å². The van der Waals surface area contributed by atoms with Crippen molar-refractivity contribution in [3.63, 3.8) is 0 Å². The molecule has 0 spiro atoms. The summed E-state index contributed by atoms with van der Waals surface area (Å²) in [6.07, 6.45) is 6.76. The van der Waals surface area contributed by atoms with Crippen molar-refractivity contribution in [1.29, 1.82) is 0 Å². The maximum absolute atomic E-state index is 13.6. The van der Waals surface area contributed by atoms with Gasteiger partial charge in [-0.3, -0.25) is 9.59 Å². The number of amides is 2. The van der Waals surface area contributed by atoms with Crippen molar-refractivity contribution in [2.75, 3.05) is 26.7 Å². The summed E-state index contributed by atoms with van der Waals surface area (Å²) in [5.41, 5.74) is 3.28. The third-order valence-corrected chi connectivity index (χ3v) is 7.64. The van der Waals surface area contributed by atoms with Gasteiger partial charge in [0.15, 0.2) is 5.75 Å². The lowest BCUT2D eigenvalue weighted by Crippen LogP contribution is -2.48. The third kappa shape index (κ3) is 4.03. The fraction of sp³-hybridized carbons (Fsp3) is 0.393. The number of hydrogen-bond donors (Lipinski definition) is 1. The van der Waals surface area contributed by atoms with Crippen LogP contribution in [0.2, 0.25) is 0 Å². The molecule has 2 saturated heterocycles. The molecule has 0 aliphatic carbocycles. The number of carbonyl (C=O) groups is 2. The van der Waals surface area contributed by atoms with E-state index in [2.05, 4.69) is 10.4 Å². The van der Waals surface area contributed by atoms with Crippen LogP contribution in [-0.2, 0) is 4.74 Å². The topological polar surface area (TPSA) is 98.3 Å². The number of nitrogens with zero attached hydrogens (tertiary/aromatic N) is 3. The molecule has 0 radical (unpaired) electrons. The molecule has 9 heteroatoms. The van der Waals surface area contributed by atoms with Crippen LogP contribution < -0.4 is 10.1 Å². The first-order chi connectivity index (χ1) is 17.9. The number of carbonyl (C=O) groups excluding carboxylic acids is 2. The molecule has 2 aliphatic heterocycles. The van der Waals surface area contributed by atoms with E-state index in [1.54, 1.807) is 49.1 Å². The summed E-state index contributed by atoms with van der Waals surface area (Å²) in [6, 6.07) is 7.19. The number of hydrogen-bond acceptors (Lipinski definition) is 6. The number of furan rings is 1. The van der Waals surface area contributed by atoms with Gasteiger partial charge in [-0.2, -0.15) is 5.10 Å². The molecule has 2 unspecified atom stereocenters. The summed E-state index contributed by atoms with van der Waals surface area (Å²) in [6.45, 7) is 5.96. The van der Waals surface area contributed by atoms with Gasteiger partial charge in [-0.25, -0.2) is 4.52 Å². The van der Waals surface area contributed by atoms with E-state index >= 15 is 0 Å². The summed E-state index contributed by atoms with van der Waals surface area (Å²) >= 11 is 0. The number of ether oxygens (including phenoxy) is 2. The first-order valence-corrected chi connectivity index (χ1v) is 12.8. The summed E-state index contributed by atoms with van der Waals surface area (Å²) in [4.78, 5) is 27.8. The highest BCUT2D eigenvalue weighted by atomic mass is 16.5. The standard InChI is InChI=1S/C28H30N4O5/c1-16-21(28(34)31-11-9-22-18(14-31)5-4-12-35-22)15-32-26(16)23(8-10-30-32)37-19-6-7-20-24(13-19)36-17(2)25(20)27(33)29-3/h6-8,10,13,15,18,22H,4-5,9,11-12,14H2,1-3H3,(H,29,33). The van der Waals surface area contributed by atoms with Crippen molar-refractivity contribution in [3.8, 4) is 11.5 Å². The lowest BCUT2D eigenvalue weighted by molar-refractivity contribution is -0.0607. The van der Waals surface area contributed by atoms with Crippen LogP contribution in [0.25, 0.3) is 16.5 Å². The van der Waals surface area contributed by atoms with Gasteiger partial charge in [0.1, 0.15) is 22.6 Å². The van der Waals surface area contributed by atoms with Crippen LogP contribution in [0.15, 0.2) is 41.1 Å². The number of aromatic nitrogens is 2. The molecular formula is C28H30N4O5. The fourth-order valence-corrected chi connectivity index (χ4v) is 5.76. The summed E-state index contributed by atoms with van der Waals surface area (Å²) in [7, 11) is 1.60. The normalized spacial score (nSPS) is 19.7. The minimum absolute atomic E-state index is 0.0205. The smallest absolute Gasteiger partial charge is 0.255 e. The average Bonchev–Trinajstić information content (AvgIpc) is 3.43. The zero-order valence-corrected chi connectivity index (χ0v) is 21.2. The predicted octanol–water partition coefficient (Wildman–Crippen LogP) is 4.49. The first-order valence-electron chi connectivity index (χ1n) is 12.8. The number of piperidine rings is 1. The van der Waals surface area contributed by atoms with Gasteiger partial charge in [-0.1, -0.05) is 0 Å². The largest absolute Gasteiger partial charge is 0.460 e. The van der Waals surface area contributed by atoms with Crippen LogP contribution in [0.4, 0.5) is 0 Å². The summed E-state index contributed by atoms with van der Waals surface area (Å²) in [5, 5.41) is 7.81. The van der Waals surface area contributed by atoms with Gasteiger partial charge in [0.2, 0.25) is 0 Å². The molecule has 1 N–H and O–H groups in total. The van der Waals surface area contributed by atoms with E-state index in [1.165, 1.54) is 0 Å². The number of nitrogens with one attached hydrogen (secondary N) is 1. The Balaban J connectivity index is 1.29. The molecule has 4 aromatic rings. The van der Waals surface area contributed by atoms with Crippen molar-refractivity contribution in [1.82, 2.24) is 19.8 Å². The van der Waals surface area contributed by atoms with Gasteiger partial charge in [0.25, 0.3) is 11.8 Å². The molecule has 1 aromatic carbocycles. The molecule has 2 amide bonds. The SMILES string of the molecule is CNC(=O)c1c(C)oc2cc(Oc3ccnn4cc(C(=O)N5CCC6OCCCC6C5)c(C)c34)ccc12. The maximum Gasteiger partial charge on any atom is 0.255 e. The molecule has 37 heavy (non-hydrogen) atoms. The highest BCUT2D eigenvalue weighted by Gasteiger charge is 2.35. The Morgan fingerprint density at radius 3 is 2.89 bits per heavy atom. The van der Waals surface area contributed by atoms with Gasteiger partial charge >= 0.3 is 0 Å². The van der Waals surface area contributed by atoms with Gasteiger partial charge in [0, 0.05) is 56.4 Å². The Labute approximate surface area is 214 Å². The van der Waals surface area contributed by atoms with Gasteiger partial charge in [-0.05, 0) is 50.8 Å². The van der Waals surface area contributed by atoms with Crippen molar-refractivity contribution < 1.29 is 23.5 Å². The molecule has 2 atom stereocenters. The molecule has 2 aliphatic rings. The molecule has 0 bridgehead atoms. The maximum atomic E-state index is 13.6. The second kappa shape index (κ2) is 9.23. The van der Waals surface area contributed by atoms with Crippen LogP contribution >= 0.6 is 0 Å². The van der Waals surface area contributed by atoms with E-state index in [4.69, 9.17) is 13.9 Å². The van der Waals surface area contributed by atoms with E-state index in [0.29, 0.717) is 46.4 Å². The Bertz CT molecular complexity index is 1520. The lowest BCUT2D eigenvalue weighted by Gasteiger charge is -2.41. The van der Waals surface area contributed by atoms with E-state index < -0.39 is 0 Å². The Morgan fingerprint density at radius 2 is 2.05 bits per heavy atom. The average molecular weight is 503 g/mol. The zero-order valence-electron chi connectivity index (χ0n) is 21.2.